The van der Waals surface area contributed by atoms with Gasteiger partial charge < -0.3 is 15.0 Å². The molecular weight excluding hydrogens is 304 g/mol. The van der Waals surface area contributed by atoms with Crippen LogP contribution in [0.4, 0.5) is 0 Å². The summed E-state index contributed by atoms with van der Waals surface area (Å²) in [5, 5.41) is 13.4. The van der Waals surface area contributed by atoms with Crippen molar-refractivity contribution in [3.63, 3.8) is 0 Å². The second-order valence-corrected chi connectivity index (χ2v) is 6.68. The van der Waals surface area contributed by atoms with E-state index in [2.05, 4.69) is 5.32 Å². The second-order valence-electron chi connectivity index (χ2n) is 5.77. The number of rotatable bonds is 1. The third kappa shape index (κ3) is 1.57. The fourth-order valence-electron chi connectivity index (χ4n) is 3.88. The van der Waals surface area contributed by atoms with Gasteiger partial charge in [0.2, 0.25) is 10.3 Å². The highest BCUT2D eigenvalue weighted by Gasteiger charge is 2.41. The lowest BCUT2D eigenvalue weighted by molar-refractivity contribution is 0.0699. The number of aromatic nitrogens is 1. The lowest BCUT2D eigenvalue weighted by atomic mass is 9.96. The smallest absolute Gasteiger partial charge is 0.336 e. The molecule has 0 radical (unpaired) electrons. The zero-order valence-electron chi connectivity index (χ0n) is 11.8. The molecule has 1 saturated heterocycles. The maximum absolute atomic E-state index is 11.7. The van der Waals surface area contributed by atoms with Crippen molar-refractivity contribution >= 4 is 32.0 Å². The fourth-order valence-corrected chi connectivity index (χ4v) is 4.70. The summed E-state index contributed by atoms with van der Waals surface area (Å²) in [7, 11) is -0.539. The molecule has 2 bridgehead atoms. The minimum absolute atomic E-state index is 0.0106. The van der Waals surface area contributed by atoms with E-state index in [-0.39, 0.29) is 17.6 Å². The average molecular weight is 318 g/mol. The zero-order chi connectivity index (χ0) is 15.6. The number of carboxylic acids is 1. The van der Waals surface area contributed by atoms with E-state index < -0.39 is 16.3 Å². The molecular formula is C15H14N2O4S. The molecule has 0 spiro atoms. The Balaban J connectivity index is 2.23. The average Bonchev–Trinajstić information content (AvgIpc) is 3.01. The van der Waals surface area contributed by atoms with E-state index in [4.69, 9.17) is 0 Å². The van der Waals surface area contributed by atoms with Crippen LogP contribution in [-0.2, 0) is 17.3 Å². The van der Waals surface area contributed by atoms with Crippen LogP contribution in [0.1, 0.15) is 40.5 Å². The van der Waals surface area contributed by atoms with Crippen molar-refractivity contribution in [3.8, 4) is 0 Å². The van der Waals surface area contributed by atoms with Gasteiger partial charge in [-0.1, -0.05) is 6.07 Å². The summed E-state index contributed by atoms with van der Waals surface area (Å²) >= 11 is 0. The van der Waals surface area contributed by atoms with E-state index in [1.54, 1.807) is 19.2 Å². The summed E-state index contributed by atoms with van der Waals surface area (Å²) < 4.78 is 25.3. The fraction of sp³-hybridized carbons (Fsp3) is 0.333. The van der Waals surface area contributed by atoms with E-state index in [1.165, 1.54) is 0 Å². The Hall–Kier alpha value is -2.12. The van der Waals surface area contributed by atoms with Crippen LogP contribution in [0.5, 0.6) is 0 Å². The first-order valence-corrected chi connectivity index (χ1v) is 8.15. The van der Waals surface area contributed by atoms with Crippen molar-refractivity contribution in [3.05, 3.63) is 35.0 Å². The monoisotopic (exact) mass is 318 g/mol. The second kappa shape index (κ2) is 4.44. The highest BCUT2D eigenvalue weighted by Crippen LogP contribution is 2.42. The van der Waals surface area contributed by atoms with Gasteiger partial charge in [0.25, 0.3) is 0 Å². The molecule has 6 nitrogen and oxygen atoms in total. The van der Waals surface area contributed by atoms with Crippen LogP contribution in [0.3, 0.4) is 0 Å². The molecule has 0 amide bonds. The Kier molecular flexibility index (Phi) is 2.73. The topological polar surface area (TPSA) is 88.4 Å². The number of hydrogen-bond acceptors (Lipinski definition) is 4. The predicted octanol–water partition coefficient (Wildman–Crippen LogP) is 1.08. The van der Waals surface area contributed by atoms with Gasteiger partial charge in [-0.3, -0.25) is 0 Å². The van der Waals surface area contributed by atoms with E-state index in [0.717, 1.165) is 23.9 Å². The highest BCUT2D eigenvalue weighted by molar-refractivity contribution is 7.73. The first-order chi connectivity index (χ1) is 10.5. The van der Waals surface area contributed by atoms with Gasteiger partial charge >= 0.3 is 5.97 Å². The van der Waals surface area contributed by atoms with Crippen LogP contribution in [0.25, 0.3) is 10.9 Å². The van der Waals surface area contributed by atoms with Gasteiger partial charge in [-0.15, -0.1) is 0 Å². The normalized spacial score (nSPS) is 22.9. The van der Waals surface area contributed by atoms with Gasteiger partial charge in [-0.05, 0) is 25.0 Å². The summed E-state index contributed by atoms with van der Waals surface area (Å²) in [6.07, 6.45) is 1.56. The Labute approximate surface area is 127 Å². The molecule has 2 N–H and O–H groups in total. The number of carbonyl (C=O) groups is 1. The van der Waals surface area contributed by atoms with Gasteiger partial charge in [0, 0.05) is 35.6 Å². The van der Waals surface area contributed by atoms with E-state index in [9.17, 15) is 18.3 Å². The van der Waals surface area contributed by atoms with Crippen LogP contribution >= 0.6 is 0 Å². The Morgan fingerprint density at radius 3 is 2.73 bits per heavy atom. The predicted molar refractivity (Wildman–Crippen MR) is 81.8 cm³/mol. The third-order valence-corrected chi connectivity index (χ3v) is 5.56. The van der Waals surface area contributed by atoms with Gasteiger partial charge in [0.15, 0.2) is 0 Å². The van der Waals surface area contributed by atoms with Crippen molar-refractivity contribution < 1.29 is 18.3 Å². The quantitative estimate of drug-likeness (QED) is 0.768. The van der Waals surface area contributed by atoms with Crippen molar-refractivity contribution in [1.82, 2.24) is 9.88 Å². The number of fused-ring (bicyclic) bond motifs is 6. The molecule has 1 fully saturated rings. The summed E-state index contributed by atoms with van der Waals surface area (Å²) in [6, 6.07) is 4.93. The van der Waals surface area contributed by atoms with Crippen molar-refractivity contribution in [2.75, 3.05) is 0 Å². The molecule has 3 heterocycles. The first kappa shape index (κ1) is 13.5. The number of carboxylic acid groups (broad SMARTS) is 1. The molecule has 4 rings (SSSR count). The number of nitrogens with zero attached hydrogens (tertiary/aromatic N) is 1. The summed E-state index contributed by atoms with van der Waals surface area (Å²) in [4.78, 5) is 11.9. The summed E-state index contributed by atoms with van der Waals surface area (Å²) in [5.74, 6) is -0.996. The first-order valence-electron chi connectivity index (χ1n) is 7.07. The van der Waals surface area contributed by atoms with Crippen LogP contribution in [-0.4, -0.2) is 35.0 Å². The molecule has 2 unspecified atom stereocenters. The maximum Gasteiger partial charge on any atom is 0.336 e. The number of nitrogens with one attached hydrogen (secondary N) is 1. The number of aromatic carboxylic acids is 1. The summed E-state index contributed by atoms with van der Waals surface area (Å²) in [5.41, 5.74) is 2.44. The van der Waals surface area contributed by atoms with Gasteiger partial charge in [-0.2, -0.15) is 8.42 Å². The Bertz CT molecular complexity index is 963. The van der Waals surface area contributed by atoms with Crippen molar-refractivity contribution in [2.24, 2.45) is 7.05 Å². The molecule has 114 valence electrons. The van der Waals surface area contributed by atoms with Crippen LogP contribution in [0, 0.1) is 0 Å². The van der Waals surface area contributed by atoms with Crippen LogP contribution < -0.4 is 5.32 Å². The van der Waals surface area contributed by atoms with E-state index >= 15 is 0 Å². The number of benzene rings is 1. The summed E-state index contributed by atoms with van der Waals surface area (Å²) in [6.45, 7) is 0. The molecule has 2 atom stereocenters. The molecule has 22 heavy (non-hydrogen) atoms. The SMILES string of the molecule is Cn1c2c(c3c(C(=O)O)cccc31)C1CCC(N1)C2=S(=O)=O. The van der Waals surface area contributed by atoms with Gasteiger partial charge in [-0.25, -0.2) is 4.79 Å². The number of aryl methyl sites for hydroxylation is 1. The highest BCUT2D eigenvalue weighted by atomic mass is 32.2. The van der Waals surface area contributed by atoms with Crippen molar-refractivity contribution in [2.45, 2.75) is 24.9 Å². The molecule has 2 aliphatic rings. The Morgan fingerprint density at radius 1 is 1.32 bits per heavy atom. The number of hydrogen-bond donors (Lipinski definition) is 2. The molecule has 7 heteroatoms. The standard InChI is InChI=1S/C15H14N2O4S/c1-17-10-4-2-3-7(15(18)19)11(10)12-8-5-6-9(16-8)14(13(12)17)22(20)21/h2-4,8-9,16H,5-6H2,1H3,(H,18,19). The van der Waals surface area contributed by atoms with Crippen LogP contribution in [0.2, 0.25) is 0 Å². The lowest BCUT2D eigenvalue weighted by Gasteiger charge is -2.23. The molecule has 0 saturated carbocycles. The Morgan fingerprint density at radius 2 is 2.05 bits per heavy atom. The van der Waals surface area contributed by atoms with E-state index in [1.807, 2.05) is 10.6 Å². The molecule has 0 aliphatic carbocycles. The van der Waals surface area contributed by atoms with Crippen molar-refractivity contribution in [1.29, 1.82) is 0 Å². The molecule has 2 aliphatic heterocycles. The lowest BCUT2D eigenvalue weighted by Crippen LogP contribution is -2.39. The molecule has 2 aromatic rings. The van der Waals surface area contributed by atoms with Gasteiger partial charge in [0.05, 0.1) is 11.3 Å². The van der Waals surface area contributed by atoms with Crippen LogP contribution in [0.15, 0.2) is 18.2 Å². The molecule has 1 aromatic heterocycles. The minimum atomic E-state index is -2.34. The maximum atomic E-state index is 11.7. The largest absolute Gasteiger partial charge is 0.478 e. The zero-order valence-corrected chi connectivity index (χ0v) is 12.6. The third-order valence-electron chi connectivity index (χ3n) is 4.72. The molecule has 1 aromatic carbocycles. The van der Waals surface area contributed by atoms with E-state index in [0.29, 0.717) is 15.9 Å². The minimum Gasteiger partial charge on any atom is -0.478 e. The van der Waals surface area contributed by atoms with Gasteiger partial charge in [0.1, 0.15) is 4.86 Å².